The summed E-state index contributed by atoms with van der Waals surface area (Å²) in [6.07, 6.45) is 0. The Balaban J connectivity index is 1.95. The summed E-state index contributed by atoms with van der Waals surface area (Å²) in [5.74, 6) is -1.89. The molecule has 0 bridgehead atoms. The number of benzene rings is 4. The molecule has 9 N–H and O–H groups in total. The van der Waals surface area contributed by atoms with Crippen LogP contribution >= 0.6 is 11.6 Å². The molecule has 0 amide bonds. The van der Waals surface area contributed by atoms with Crippen molar-refractivity contribution in [2.24, 2.45) is 20.5 Å². The lowest BCUT2D eigenvalue weighted by atomic mass is 10.1. The first-order valence-corrected chi connectivity index (χ1v) is 13.8. The van der Waals surface area contributed by atoms with Crippen molar-refractivity contribution < 1.29 is 41.3 Å². The van der Waals surface area contributed by atoms with Gasteiger partial charge < -0.3 is 26.8 Å². The summed E-state index contributed by atoms with van der Waals surface area (Å²) < 4.78 is 66.7. The van der Waals surface area contributed by atoms with E-state index >= 15 is 0 Å². The van der Waals surface area contributed by atoms with Crippen LogP contribution in [0.5, 0.6) is 17.2 Å². The quantitative estimate of drug-likeness (QED) is 0.0654. The number of anilines is 2. The number of azo groups is 2. The number of nitrogens with two attached hydrogens (primary N) is 2. The summed E-state index contributed by atoms with van der Waals surface area (Å²) in [6.45, 7) is 0. The number of nitrogen functional groups attached to an aromatic ring is 2. The van der Waals surface area contributed by atoms with Crippen LogP contribution in [0.4, 0.5) is 34.1 Å². The van der Waals surface area contributed by atoms with E-state index in [4.69, 9.17) is 23.1 Å². The maximum atomic E-state index is 12.3. The summed E-state index contributed by atoms with van der Waals surface area (Å²) >= 11 is 5.91. The number of aromatic hydroxyl groups is 3. The van der Waals surface area contributed by atoms with Gasteiger partial charge in [-0.15, -0.1) is 20.5 Å². The van der Waals surface area contributed by atoms with Gasteiger partial charge in [-0.25, -0.2) is 0 Å². The Bertz CT molecular complexity index is 1980. The van der Waals surface area contributed by atoms with Crippen molar-refractivity contribution in [3.05, 3.63) is 53.6 Å². The standard InChI is InChI=1S/C22H17ClN6O9S2/c23-9-1-4-17(30)15(5-9)26-28-19-12-8-18(40(36,37)38)20(21(31)11(12)2-3-13(19)24)29-27-16-7-10(39(33,34)35)6-14(25)22(16)32/h1-8,30-32H,24-25H2,(H,33,34,35)(H,36,37,38). The molecule has 40 heavy (non-hydrogen) atoms. The fourth-order valence-corrected chi connectivity index (χ4v) is 4.80. The Morgan fingerprint density at radius 1 is 0.650 bits per heavy atom. The van der Waals surface area contributed by atoms with Crippen LogP contribution in [0, 0.1) is 0 Å². The molecular formula is C22H17ClN6O9S2. The molecule has 15 nitrogen and oxygen atoms in total. The van der Waals surface area contributed by atoms with Gasteiger partial charge in [-0.05, 0) is 48.5 Å². The van der Waals surface area contributed by atoms with Crippen molar-refractivity contribution in [3.63, 3.8) is 0 Å². The minimum Gasteiger partial charge on any atom is -0.506 e. The monoisotopic (exact) mass is 608 g/mol. The van der Waals surface area contributed by atoms with Crippen molar-refractivity contribution in [2.45, 2.75) is 9.79 Å². The average molecular weight is 609 g/mol. The normalized spacial score (nSPS) is 12.6. The molecule has 0 unspecified atom stereocenters. The molecule has 0 radical (unpaired) electrons. The van der Waals surface area contributed by atoms with Gasteiger partial charge in [-0.2, -0.15) is 16.8 Å². The van der Waals surface area contributed by atoms with Crippen molar-refractivity contribution in [3.8, 4) is 17.2 Å². The maximum absolute atomic E-state index is 12.3. The van der Waals surface area contributed by atoms with Gasteiger partial charge in [-0.1, -0.05) is 11.6 Å². The van der Waals surface area contributed by atoms with Crippen LogP contribution in [0.25, 0.3) is 10.8 Å². The Hall–Kier alpha value is -4.55. The third kappa shape index (κ3) is 5.58. The minimum absolute atomic E-state index is 0.0322. The zero-order chi connectivity index (χ0) is 29.6. The Labute approximate surface area is 230 Å². The van der Waals surface area contributed by atoms with Crippen LogP contribution in [0.15, 0.2) is 78.8 Å². The van der Waals surface area contributed by atoms with Gasteiger partial charge in [0.15, 0.2) is 11.5 Å². The summed E-state index contributed by atoms with van der Waals surface area (Å²) in [4.78, 5) is -1.74. The van der Waals surface area contributed by atoms with E-state index in [0.29, 0.717) is 6.07 Å². The Morgan fingerprint density at radius 3 is 1.95 bits per heavy atom. The molecule has 4 aromatic carbocycles. The molecule has 4 aromatic rings. The van der Waals surface area contributed by atoms with Crippen LogP contribution in [0.1, 0.15) is 0 Å². The predicted octanol–water partition coefficient (Wildman–Crippen LogP) is 5.10. The van der Waals surface area contributed by atoms with Crippen LogP contribution in [-0.4, -0.2) is 41.3 Å². The molecule has 208 valence electrons. The van der Waals surface area contributed by atoms with Crippen molar-refractivity contribution in [2.75, 3.05) is 11.5 Å². The number of phenols is 3. The van der Waals surface area contributed by atoms with Crippen molar-refractivity contribution >= 4 is 76.7 Å². The molecule has 0 aliphatic heterocycles. The van der Waals surface area contributed by atoms with E-state index in [1.54, 1.807) is 0 Å². The van der Waals surface area contributed by atoms with E-state index in [1.807, 2.05) is 0 Å². The zero-order valence-corrected chi connectivity index (χ0v) is 22.0. The summed E-state index contributed by atoms with van der Waals surface area (Å²) in [7, 11) is -9.91. The molecule has 0 atom stereocenters. The number of hydrogen-bond acceptors (Lipinski definition) is 13. The van der Waals surface area contributed by atoms with E-state index < -0.39 is 58.6 Å². The highest BCUT2D eigenvalue weighted by Crippen LogP contribution is 2.47. The molecule has 0 aromatic heterocycles. The highest BCUT2D eigenvalue weighted by molar-refractivity contribution is 7.86. The van der Waals surface area contributed by atoms with Gasteiger partial charge in [0.25, 0.3) is 20.2 Å². The average Bonchev–Trinajstić information content (AvgIpc) is 2.85. The van der Waals surface area contributed by atoms with Gasteiger partial charge in [-0.3, -0.25) is 9.11 Å². The van der Waals surface area contributed by atoms with Crippen LogP contribution < -0.4 is 11.5 Å². The van der Waals surface area contributed by atoms with Gasteiger partial charge in [0, 0.05) is 15.8 Å². The zero-order valence-electron chi connectivity index (χ0n) is 19.6. The number of phenolic OH excluding ortho intramolecular Hbond substituents is 3. The molecule has 0 spiro atoms. The topological polar surface area (TPSA) is 271 Å². The molecular weight excluding hydrogens is 592 g/mol. The lowest BCUT2D eigenvalue weighted by molar-refractivity contribution is 0.471. The number of hydrogen-bond donors (Lipinski definition) is 7. The summed E-state index contributed by atoms with van der Waals surface area (Å²) in [5.41, 5.74) is 9.33. The molecule has 0 saturated heterocycles. The third-order valence-electron chi connectivity index (χ3n) is 5.36. The first kappa shape index (κ1) is 28.5. The predicted molar refractivity (Wildman–Crippen MR) is 144 cm³/mol. The molecule has 0 heterocycles. The number of nitrogens with zero attached hydrogens (tertiary/aromatic N) is 4. The summed E-state index contributed by atoms with van der Waals surface area (Å²) in [5, 5.41) is 46.1. The maximum Gasteiger partial charge on any atom is 0.296 e. The van der Waals surface area contributed by atoms with Gasteiger partial charge in [0.1, 0.15) is 33.4 Å². The molecule has 0 aliphatic rings. The van der Waals surface area contributed by atoms with Crippen LogP contribution in [0.2, 0.25) is 5.02 Å². The van der Waals surface area contributed by atoms with Crippen molar-refractivity contribution in [1.82, 2.24) is 0 Å². The first-order valence-electron chi connectivity index (χ1n) is 10.6. The largest absolute Gasteiger partial charge is 0.506 e. The second-order valence-electron chi connectivity index (χ2n) is 8.03. The van der Waals surface area contributed by atoms with Crippen molar-refractivity contribution in [1.29, 1.82) is 0 Å². The third-order valence-corrected chi connectivity index (χ3v) is 7.29. The highest BCUT2D eigenvalue weighted by atomic mass is 35.5. The molecule has 0 fully saturated rings. The number of fused-ring (bicyclic) bond motifs is 1. The van der Waals surface area contributed by atoms with Crippen LogP contribution in [0.3, 0.4) is 0 Å². The number of halogens is 1. The first-order chi connectivity index (χ1) is 18.6. The molecule has 4 rings (SSSR count). The second kappa shape index (κ2) is 10.2. The number of rotatable bonds is 6. The molecule has 18 heteroatoms. The SMILES string of the molecule is Nc1cc(S(=O)(=O)O)cc(N=Nc2c(S(=O)(=O)O)cc3c(N=Nc4cc(Cl)ccc4O)c(N)ccc3c2O)c1O. The van der Waals surface area contributed by atoms with Gasteiger partial charge in [0.2, 0.25) is 0 Å². The van der Waals surface area contributed by atoms with Gasteiger partial charge in [0.05, 0.1) is 16.3 Å². The van der Waals surface area contributed by atoms with E-state index in [-0.39, 0.29) is 38.6 Å². The van der Waals surface area contributed by atoms with E-state index in [0.717, 1.165) is 12.1 Å². The van der Waals surface area contributed by atoms with E-state index in [2.05, 4.69) is 20.5 Å². The molecule has 0 saturated carbocycles. The fraction of sp³-hybridized carbons (Fsp3) is 0. The van der Waals surface area contributed by atoms with Crippen LogP contribution in [-0.2, 0) is 20.2 Å². The second-order valence-corrected chi connectivity index (χ2v) is 11.3. The minimum atomic E-state index is -5.12. The lowest BCUT2D eigenvalue weighted by Crippen LogP contribution is -2.00. The highest BCUT2D eigenvalue weighted by Gasteiger charge is 2.24. The lowest BCUT2D eigenvalue weighted by Gasteiger charge is -2.12. The van der Waals surface area contributed by atoms with E-state index in [9.17, 15) is 41.3 Å². The Kier molecular flexibility index (Phi) is 7.26. The fourth-order valence-electron chi connectivity index (χ4n) is 3.45. The van der Waals surface area contributed by atoms with Gasteiger partial charge >= 0.3 is 0 Å². The Morgan fingerprint density at radius 2 is 1.30 bits per heavy atom. The summed E-state index contributed by atoms with van der Waals surface area (Å²) in [6, 6.07) is 8.82. The van der Waals surface area contributed by atoms with E-state index in [1.165, 1.54) is 30.3 Å². The molecule has 0 aliphatic carbocycles. The smallest absolute Gasteiger partial charge is 0.296 e.